The normalized spacial score (nSPS) is 19.4. The van der Waals surface area contributed by atoms with Gasteiger partial charge in [0.15, 0.2) is 11.5 Å². The number of rotatable bonds is 6. The highest BCUT2D eigenvalue weighted by Gasteiger charge is 2.48. The molecule has 36 heavy (non-hydrogen) atoms. The monoisotopic (exact) mass is 501 g/mol. The molecule has 1 fully saturated rings. The first-order valence-electron chi connectivity index (χ1n) is 12.1. The number of para-hydroxylation sites is 1. The Kier molecular flexibility index (Phi) is 5.68. The Hall–Kier alpha value is -3.78. The van der Waals surface area contributed by atoms with Crippen molar-refractivity contribution in [1.29, 1.82) is 0 Å². The molecule has 0 spiro atoms. The maximum absolute atomic E-state index is 13.8. The molecule has 1 N–H and O–H groups in total. The zero-order valence-electron chi connectivity index (χ0n) is 20.2. The number of amides is 2. The van der Waals surface area contributed by atoms with Crippen LogP contribution < -0.4 is 9.47 Å². The minimum Gasteiger partial charge on any atom is -0.493 e. The molecular weight excluding hydrogens is 474 g/mol. The van der Waals surface area contributed by atoms with Crippen LogP contribution in [0.3, 0.4) is 0 Å². The molecule has 2 aliphatic heterocycles. The van der Waals surface area contributed by atoms with Crippen molar-refractivity contribution in [3.63, 3.8) is 0 Å². The number of aromatic amines is 1. The first kappa shape index (κ1) is 22.7. The topological polar surface area (TPSA) is 74.9 Å². The van der Waals surface area contributed by atoms with Crippen molar-refractivity contribution < 1.29 is 19.1 Å². The zero-order chi connectivity index (χ0) is 24.8. The van der Waals surface area contributed by atoms with Crippen molar-refractivity contribution in [1.82, 2.24) is 14.8 Å². The largest absolute Gasteiger partial charge is 0.493 e. The second-order valence-electron chi connectivity index (χ2n) is 9.10. The lowest BCUT2D eigenvalue weighted by Gasteiger charge is -2.47. The number of carbonyl (C=O) groups excluding carboxylic acids is 2. The maximum Gasteiger partial charge on any atom is 0.246 e. The number of benzene rings is 2. The molecule has 2 aromatic carbocycles. The Morgan fingerprint density at radius 2 is 1.94 bits per heavy atom. The van der Waals surface area contributed by atoms with Crippen molar-refractivity contribution in [2.45, 2.75) is 32.0 Å². The summed E-state index contributed by atoms with van der Waals surface area (Å²) < 4.78 is 11.3. The maximum atomic E-state index is 13.8. The number of hydrogen-bond acceptors (Lipinski definition) is 5. The molecule has 0 aliphatic carbocycles. The van der Waals surface area contributed by atoms with Gasteiger partial charge in [-0.3, -0.25) is 9.59 Å². The van der Waals surface area contributed by atoms with Gasteiger partial charge in [-0.1, -0.05) is 30.3 Å². The van der Waals surface area contributed by atoms with Crippen molar-refractivity contribution in [2.75, 3.05) is 20.3 Å². The fraction of sp³-hybridized carbons (Fsp3) is 0.286. The molecule has 4 heterocycles. The van der Waals surface area contributed by atoms with E-state index in [2.05, 4.69) is 11.1 Å². The van der Waals surface area contributed by atoms with Gasteiger partial charge in [0.1, 0.15) is 12.6 Å². The van der Waals surface area contributed by atoms with Crippen LogP contribution in [-0.2, 0) is 22.6 Å². The Morgan fingerprint density at radius 3 is 2.72 bits per heavy atom. The van der Waals surface area contributed by atoms with Crippen LogP contribution in [0.2, 0.25) is 0 Å². The number of nitrogens with one attached hydrogen (secondary N) is 1. The summed E-state index contributed by atoms with van der Waals surface area (Å²) in [5, 5.41) is 3.08. The van der Waals surface area contributed by atoms with E-state index in [9.17, 15) is 9.59 Å². The molecule has 1 unspecified atom stereocenters. The van der Waals surface area contributed by atoms with Gasteiger partial charge in [0, 0.05) is 27.9 Å². The predicted octanol–water partition coefficient (Wildman–Crippen LogP) is 4.52. The van der Waals surface area contributed by atoms with E-state index in [-0.39, 0.29) is 18.4 Å². The van der Waals surface area contributed by atoms with Gasteiger partial charge in [0.2, 0.25) is 11.8 Å². The fourth-order valence-electron chi connectivity index (χ4n) is 5.52. The number of nitrogens with zero attached hydrogens (tertiary/aromatic N) is 2. The Balaban J connectivity index is 1.48. The molecule has 8 heteroatoms. The predicted molar refractivity (Wildman–Crippen MR) is 138 cm³/mol. The second-order valence-corrected chi connectivity index (χ2v) is 10.1. The average molecular weight is 502 g/mol. The summed E-state index contributed by atoms with van der Waals surface area (Å²) >= 11 is 1.60. The smallest absolute Gasteiger partial charge is 0.246 e. The zero-order valence-corrected chi connectivity index (χ0v) is 21.0. The van der Waals surface area contributed by atoms with E-state index >= 15 is 0 Å². The minimum absolute atomic E-state index is 0.0122. The van der Waals surface area contributed by atoms with E-state index in [1.165, 1.54) is 0 Å². The first-order chi connectivity index (χ1) is 17.6. The van der Waals surface area contributed by atoms with Crippen molar-refractivity contribution in [3.8, 4) is 11.5 Å². The quantitative estimate of drug-likeness (QED) is 0.422. The SMILES string of the molecule is CCOc1ccc(C2c3[nH]c4ccccc4c3C[C@H]3C(=O)N(Cc4cccs4)CC(=O)N23)cc1OC. The van der Waals surface area contributed by atoms with E-state index in [1.54, 1.807) is 28.2 Å². The van der Waals surface area contributed by atoms with E-state index in [4.69, 9.17) is 9.47 Å². The van der Waals surface area contributed by atoms with Gasteiger partial charge in [-0.15, -0.1) is 11.3 Å². The molecule has 0 radical (unpaired) electrons. The highest BCUT2D eigenvalue weighted by Crippen LogP contribution is 2.44. The average Bonchev–Trinajstić information content (AvgIpc) is 3.54. The molecule has 2 atom stereocenters. The summed E-state index contributed by atoms with van der Waals surface area (Å²) in [5.41, 5.74) is 3.91. The van der Waals surface area contributed by atoms with Crippen LogP contribution in [0, 0.1) is 0 Å². The summed E-state index contributed by atoms with van der Waals surface area (Å²) in [5.74, 6) is 1.18. The number of methoxy groups -OCH3 is 1. The molecule has 7 nitrogen and oxygen atoms in total. The van der Waals surface area contributed by atoms with E-state index in [0.717, 1.165) is 32.6 Å². The van der Waals surface area contributed by atoms with Gasteiger partial charge < -0.3 is 24.3 Å². The molecule has 1 saturated heterocycles. The van der Waals surface area contributed by atoms with Gasteiger partial charge in [0.05, 0.1) is 26.3 Å². The molecule has 2 aliphatic rings. The van der Waals surface area contributed by atoms with Crippen LogP contribution in [-0.4, -0.2) is 52.9 Å². The molecule has 2 amide bonds. The van der Waals surface area contributed by atoms with Crippen LogP contribution in [0.15, 0.2) is 60.0 Å². The molecule has 4 aromatic rings. The highest BCUT2D eigenvalue weighted by atomic mass is 32.1. The third-order valence-corrected chi connectivity index (χ3v) is 7.93. The number of H-pyrrole nitrogens is 1. The lowest BCUT2D eigenvalue weighted by molar-refractivity contribution is -0.159. The summed E-state index contributed by atoms with van der Waals surface area (Å²) in [6.45, 7) is 2.96. The highest BCUT2D eigenvalue weighted by molar-refractivity contribution is 7.09. The van der Waals surface area contributed by atoms with Crippen LogP contribution in [0.25, 0.3) is 10.9 Å². The standard InChI is InChI=1S/C28H27N3O4S/c1-3-35-23-11-10-17(13-24(23)34-2)27-26-20(19-8-4-5-9-21(19)29-26)14-22-28(33)30(16-25(32)31(22)27)15-18-7-6-12-36-18/h4-13,22,27,29H,3,14-16H2,1-2H3/t22-,27?/m0/s1. The van der Waals surface area contributed by atoms with Crippen LogP contribution in [0.1, 0.15) is 34.7 Å². The van der Waals surface area contributed by atoms with Gasteiger partial charge in [-0.25, -0.2) is 0 Å². The van der Waals surface area contributed by atoms with Gasteiger partial charge in [-0.05, 0) is 47.7 Å². The number of carbonyl (C=O) groups is 2. The minimum atomic E-state index is -0.569. The Bertz CT molecular complexity index is 1440. The third-order valence-electron chi connectivity index (χ3n) is 7.07. The van der Waals surface area contributed by atoms with Gasteiger partial charge in [0.25, 0.3) is 0 Å². The van der Waals surface area contributed by atoms with E-state index < -0.39 is 12.1 Å². The summed E-state index contributed by atoms with van der Waals surface area (Å²) in [6, 6.07) is 16.8. The van der Waals surface area contributed by atoms with Crippen LogP contribution >= 0.6 is 11.3 Å². The third kappa shape index (κ3) is 3.64. The molecule has 0 saturated carbocycles. The number of piperazine rings is 1. The molecule has 2 aromatic heterocycles. The lowest BCUT2D eigenvalue weighted by Crippen LogP contribution is -2.62. The number of hydrogen-bond donors (Lipinski definition) is 1. The lowest BCUT2D eigenvalue weighted by atomic mass is 9.86. The van der Waals surface area contributed by atoms with Crippen molar-refractivity contribution in [2.24, 2.45) is 0 Å². The van der Waals surface area contributed by atoms with Gasteiger partial charge >= 0.3 is 0 Å². The van der Waals surface area contributed by atoms with Crippen LogP contribution in [0.4, 0.5) is 0 Å². The summed E-state index contributed by atoms with van der Waals surface area (Å²) in [7, 11) is 1.61. The number of fused-ring (bicyclic) bond motifs is 4. The number of ether oxygens (including phenoxy) is 2. The second kappa shape index (κ2) is 9.02. The molecule has 184 valence electrons. The Labute approximate surface area is 213 Å². The van der Waals surface area contributed by atoms with Crippen molar-refractivity contribution >= 4 is 34.1 Å². The van der Waals surface area contributed by atoms with E-state index in [1.807, 2.05) is 60.8 Å². The first-order valence-corrected chi connectivity index (χ1v) is 13.0. The number of thiophene rings is 1. The van der Waals surface area contributed by atoms with Gasteiger partial charge in [-0.2, -0.15) is 0 Å². The molecule has 6 rings (SSSR count). The van der Waals surface area contributed by atoms with Crippen molar-refractivity contribution in [3.05, 3.63) is 81.7 Å². The Morgan fingerprint density at radius 1 is 1.08 bits per heavy atom. The number of aromatic nitrogens is 1. The summed E-state index contributed by atoms with van der Waals surface area (Å²) in [4.78, 5) is 35.6. The molecular formula is C28H27N3O4S. The summed E-state index contributed by atoms with van der Waals surface area (Å²) in [6.07, 6.45) is 0.482. The fourth-order valence-corrected chi connectivity index (χ4v) is 6.24. The van der Waals surface area contributed by atoms with Crippen LogP contribution in [0.5, 0.6) is 11.5 Å². The molecule has 0 bridgehead atoms. The van der Waals surface area contributed by atoms with E-state index in [0.29, 0.717) is 31.1 Å².